The highest BCUT2D eigenvalue weighted by atomic mass is 31.2. The molecule has 3 unspecified atom stereocenters. The lowest BCUT2D eigenvalue weighted by atomic mass is 9.96. The maximum atomic E-state index is 15.3. The molecule has 0 radical (unpaired) electrons. The van der Waals surface area contributed by atoms with Gasteiger partial charge in [0.1, 0.15) is 42.3 Å². The van der Waals surface area contributed by atoms with E-state index in [-0.39, 0.29) is 43.7 Å². The molecule has 1 aliphatic rings. The van der Waals surface area contributed by atoms with Gasteiger partial charge in [-0.15, -0.1) is 0 Å². The van der Waals surface area contributed by atoms with Crippen LogP contribution in [0.1, 0.15) is 485 Å². The van der Waals surface area contributed by atoms with E-state index in [0.717, 1.165) is 193 Å². The Bertz CT molecular complexity index is 2850. The summed E-state index contributed by atoms with van der Waals surface area (Å²) in [5, 5.41) is 14.1. The van der Waals surface area contributed by atoms with E-state index in [1.165, 1.54) is 183 Å². The van der Waals surface area contributed by atoms with Gasteiger partial charge in [-0.3, -0.25) is 43.1 Å². The van der Waals surface area contributed by atoms with Gasteiger partial charge in [0.2, 0.25) is 11.8 Å². The third kappa shape index (κ3) is 65.2. The standard InChI is InChI=1S/C98H180N2O21P2/c1-7-13-19-25-31-37-40-46-52-58-64-73-91(104)115-84(69-61-55-49-43-34-28-22-16-10-4)79-89(102)99-95-97(119-94(107)81-86(71-63-57-51-45-36-30-24-18-12-6)117-93(106)75-66-60-54-48-42-39-33-27-21-15-9-3)96(121-123(111,112)113)88(82-101)118-98(95)114-77-76-100(83-68-67-72-87(78-83)120-122(108,109)110)90(103)80-85(70-62-56-50-44-35-29-23-17-11-5)116-92(105)74-65-59-53-47-41-38-32-26-20-14-8-2/h67-68,72,78,84-86,88,95-98,101H,7-66,69-71,73-77,79-82H2,1-6H3,(H,99,102)(H2,108,109,110)(H2,111,112,113)/t84-,85-,86-,88?,95?,96+,97?,98-/m1/s1. The number of unbranched alkanes of at least 4 members (excludes halogenated alkanes) is 54. The van der Waals surface area contributed by atoms with Crippen LogP contribution in [0, 0.1) is 0 Å². The van der Waals surface area contributed by atoms with Crippen LogP contribution >= 0.6 is 15.6 Å². The number of benzene rings is 1. The third-order valence-electron chi connectivity index (χ3n) is 23.9. The van der Waals surface area contributed by atoms with Gasteiger partial charge in [-0.05, 0) is 69.9 Å². The molecular formula is C98H180N2O21P2. The number of amides is 2. The van der Waals surface area contributed by atoms with E-state index in [1.54, 1.807) is 0 Å². The minimum absolute atomic E-state index is 0.0979. The number of aliphatic hydroxyl groups is 1. The van der Waals surface area contributed by atoms with Crippen molar-refractivity contribution in [1.82, 2.24) is 5.32 Å². The molecule has 0 aromatic heterocycles. The number of carbonyl (C=O) groups excluding carboxylic acids is 6. The Balaban J connectivity index is 2.80. The van der Waals surface area contributed by atoms with E-state index in [1.807, 2.05) is 0 Å². The largest absolute Gasteiger partial charge is 0.524 e. The van der Waals surface area contributed by atoms with Crippen LogP contribution in [0.4, 0.5) is 5.69 Å². The Hall–Kier alpha value is -4.02. The summed E-state index contributed by atoms with van der Waals surface area (Å²) in [7, 11) is -10.7. The zero-order valence-electron chi connectivity index (χ0n) is 78.4. The molecule has 0 saturated carbocycles. The van der Waals surface area contributed by atoms with Crippen molar-refractivity contribution >= 4 is 57.0 Å². The number of esters is 4. The fourth-order valence-corrected chi connectivity index (χ4v) is 17.6. The van der Waals surface area contributed by atoms with Crippen LogP contribution in [0.3, 0.4) is 0 Å². The maximum absolute atomic E-state index is 15.3. The summed E-state index contributed by atoms with van der Waals surface area (Å²) in [4.78, 5) is 130. The van der Waals surface area contributed by atoms with Crippen LogP contribution in [0.5, 0.6) is 5.75 Å². The lowest BCUT2D eigenvalue weighted by Gasteiger charge is -2.45. The Kier molecular flexibility index (Phi) is 72.8. The van der Waals surface area contributed by atoms with E-state index >= 15 is 14.4 Å². The molecule has 23 nitrogen and oxygen atoms in total. The molecule has 0 spiro atoms. The zero-order chi connectivity index (χ0) is 89.9. The molecule has 8 atom stereocenters. The van der Waals surface area contributed by atoms with Crippen LogP contribution in [-0.4, -0.2) is 129 Å². The van der Waals surface area contributed by atoms with Gasteiger partial charge in [0.25, 0.3) is 0 Å². The van der Waals surface area contributed by atoms with E-state index in [2.05, 4.69) is 46.9 Å². The van der Waals surface area contributed by atoms with Crippen molar-refractivity contribution in [2.24, 2.45) is 0 Å². The summed E-state index contributed by atoms with van der Waals surface area (Å²) in [6.07, 6.45) is 53.6. The fourth-order valence-electron chi connectivity index (χ4n) is 16.6. The first kappa shape index (κ1) is 115. The second kappa shape index (κ2) is 77.9. The van der Waals surface area contributed by atoms with E-state index in [4.69, 9.17) is 37.5 Å². The number of nitrogens with one attached hydrogen (secondary N) is 1. The monoisotopic (exact) mass is 1780 g/mol. The number of carbonyl (C=O) groups is 6. The maximum Gasteiger partial charge on any atom is 0.524 e. The van der Waals surface area contributed by atoms with E-state index < -0.39 is 126 Å². The number of phosphoric ester groups is 2. The average Bonchev–Trinajstić information content (AvgIpc) is 0.779. The smallest absolute Gasteiger partial charge is 0.462 e. The van der Waals surface area contributed by atoms with Gasteiger partial charge in [0, 0.05) is 37.6 Å². The second-order valence-electron chi connectivity index (χ2n) is 35.5. The minimum atomic E-state index is -5.59. The topological polar surface area (TPSA) is 327 Å². The Morgan fingerprint density at radius 1 is 0.398 bits per heavy atom. The molecule has 718 valence electrons. The summed E-state index contributed by atoms with van der Waals surface area (Å²) in [6, 6.07) is 3.81. The molecule has 1 aromatic rings. The molecule has 1 fully saturated rings. The zero-order valence-corrected chi connectivity index (χ0v) is 80.2. The molecular weight excluding hydrogens is 1600 g/mol. The fraction of sp³-hybridized carbons (Fsp3) is 0.878. The number of hydrogen-bond donors (Lipinski definition) is 6. The molecule has 6 N–H and O–H groups in total. The van der Waals surface area contributed by atoms with Gasteiger partial charge in [-0.25, -0.2) is 9.13 Å². The quantitative estimate of drug-likeness (QED) is 0.0153. The normalized spacial score (nSPS) is 16.3. The van der Waals surface area contributed by atoms with Crippen LogP contribution in [0.15, 0.2) is 24.3 Å². The summed E-state index contributed by atoms with van der Waals surface area (Å²) >= 11 is 0. The van der Waals surface area contributed by atoms with Crippen molar-refractivity contribution in [2.75, 3.05) is 24.7 Å². The molecule has 1 aliphatic heterocycles. The first-order valence-electron chi connectivity index (χ1n) is 50.4. The average molecular weight is 1780 g/mol. The highest BCUT2D eigenvalue weighted by molar-refractivity contribution is 7.46. The molecule has 1 heterocycles. The lowest BCUT2D eigenvalue weighted by molar-refractivity contribution is -0.270. The van der Waals surface area contributed by atoms with Crippen LogP contribution in [-0.2, 0) is 70.8 Å². The van der Waals surface area contributed by atoms with Crippen molar-refractivity contribution in [3.8, 4) is 5.75 Å². The Morgan fingerprint density at radius 3 is 1.04 bits per heavy atom. The predicted octanol–water partition coefficient (Wildman–Crippen LogP) is 25.9. The predicted molar refractivity (Wildman–Crippen MR) is 494 cm³/mol. The van der Waals surface area contributed by atoms with Crippen molar-refractivity contribution in [2.45, 2.75) is 534 Å². The summed E-state index contributed by atoms with van der Waals surface area (Å²) in [5.74, 6) is -3.98. The van der Waals surface area contributed by atoms with Crippen LogP contribution in [0.2, 0.25) is 0 Å². The van der Waals surface area contributed by atoms with Crippen molar-refractivity contribution in [1.29, 1.82) is 0 Å². The number of phosphoric acid groups is 2. The summed E-state index contributed by atoms with van der Waals surface area (Å²) in [5.41, 5.74) is 0.0979. The van der Waals surface area contributed by atoms with Gasteiger partial charge < -0.3 is 58.1 Å². The van der Waals surface area contributed by atoms with E-state index in [9.17, 15) is 48.2 Å². The number of anilines is 1. The minimum Gasteiger partial charge on any atom is -0.462 e. The van der Waals surface area contributed by atoms with Gasteiger partial charge >= 0.3 is 39.5 Å². The van der Waals surface area contributed by atoms with Crippen molar-refractivity contribution in [3.63, 3.8) is 0 Å². The molecule has 0 bridgehead atoms. The molecule has 2 rings (SSSR count). The van der Waals surface area contributed by atoms with Crippen molar-refractivity contribution in [3.05, 3.63) is 24.3 Å². The number of rotatable bonds is 87. The first-order chi connectivity index (χ1) is 59.6. The SMILES string of the molecule is CCCCCCCCCCCCCC(=O)O[C@H](CCCCCCCCCCC)CC(=O)NC1C(OC(=O)C[C@@H](CCCCCCCCCCC)OC(=O)CCCCCCCCCCCCC)[C@@H](OP(=O)(O)O)C(CO)O[C@H]1OCCN(C(=O)C[C@@H](CCCCCCCCCCC)OC(=O)CCCCCCCCCCCCC)c1cccc(OP(=O)(O)O)c1. The van der Waals surface area contributed by atoms with Gasteiger partial charge in [-0.2, -0.15) is 0 Å². The number of aliphatic hydroxyl groups excluding tert-OH is 1. The van der Waals surface area contributed by atoms with Crippen LogP contribution < -0.4 is 14.7 Å². The molecule has 2 amide bonds. The van der Waals surface area contributed by atoms with Crippen molar-refractivity contribution < 1.29 is 100 Å². The Labute approximate surface area is 746 Å². The number of hydrogen-bond acceptors (Lipinski definition) is 17. The highest BCUT2D eigenvalue weighted by Crippen LogP contribution is 2.43. The molecule has 1 aromatic carbocycles. The first-order valence-corrected chi connectivity index (χ1v) is 53.5. The number of ether oxygens (including phenoxy) is 6. The lowest BCUT2D eigenvalue weighted by Crippen LogP contribution is -2.66. The molecule has 0 aliphatic carbocycles. The van der Waals surface area contributed by atoms with Gasteiger partial charge in [0.15, 0.2) is 12.4 Å². The van der Waals surface area contributed by atoms with E-state index in [0.29, 0.717) is 57.8 Å². The Morgan fingerprint density at radius 2 is 0.715 bits per heavy atom. The summed E-state index contributed by atoms with van der Waals surface area (Å²) < 4.78 is 74.0. The third-order valence-corrected chi connectivity index (χ3v) is 24.8. The van der Waals surface area contributed by atoms with Gasteiger partial charge in [-0.1, -0.05) is 394 Å². The molecule has 123 heavy (non-hydrogen) atoms. The highest BCUT2D eigenvalue weighted by Gasteiger charge is 2.52. The molecule has 25 heteroatoms. The molecule has 1 saturated heterocycles. The van der Waals surface area contributed by atoms with Gasteiger partial charge in [0.05, 0.1) is 32.5 Å². The summed E-state index contributed by atoms with van der Waals surface area (Å²) in [6.45, 7) is 11.3. The second-order valence-corrected chi connectivity index (χ2v) is 37.8. The van der Waals surface area contributed by atoms with Crippen LogP contribution in [0.25, 0.3) is 0 Å². The number of nitrogens with zero attached hydrogens (tertiary/aromatic N) is 1.